The molecule has 2 heterocycles. The molecule has 2 unspecified atom stereocenters. The van der Waals surface area contributed by atoms with E-state index in [0.717, 1.165) is 27.3 Å². The van der Waals surface area contributed by atoms with E-state index in [1.54, 1.807) is 11.3 Å². The molecule has 0 spiro atoms. The van der Waals surface area contributed by atoms with Gasteiger partial charge in [0.1, 0.15) is 11.9 Å². The highest BCUT2D eigenvalue weighted by Crippen LogP contribution is 2.37. The van der Waals surface area contributed by atoms with Crippen LogP contribution in [0, 0.1) is 5.82 Å². The number of anilines is 1. The molecule has 1 amide bonds. The van der Waals surface area contributed by atoms with Gasteiger partial charge in [-0.1, -0.05) is 35.9 Å². The number of amides is 1. The Balaban J connectivity index is 1.40. The van der Waals surface area contributed by atoms with Crippen molar-refractivity contribution in [3.63, 3.8) is 0 Å². The second-order valence-electron chi connectivity index (χ2n) is 8.32. The SMILES string of the molecule is CN1SNC(c2ccc(-c3ccc(CCCC(=O)O)cc3)s2)CC1C(=O)Nc1ccc(F)c(Cl)c1. The molecule has 35 heavy (non-hydrogen) atoms. The fourth-order valence-corrected chi connectivity index (χ4v) is 6.01. The minimum Gasteiger partial charge on any atom is -0.481 e. The Morgan fingerprint density at radius 2 is 1.97 bits per heavy atom. The number of aliphatic carboxylic acids is 1. The van der Waals surface area contributed by atoms with Crippen LogP contribution in [0.5, 0.6) is 0 Å². The fourth-order valence-electron chi connectivity index (χ4n) is 3.85. The van der Waals surface area contributed by atoms with E-state index < -0.39 is 11.8 Å². The van der Waals surface area contributed by atoms with Gasteiger partial charge in [-0.3, -0.25) is 9.59 Å². The van der Waals surface area contributed by atoms with Gasteiger partial charge in [-0.25, -0.2) is 13.4 Å². The molecular weight excluding hydrogens is 509 g/mol. The maximum absolute atomic E-state index is 13.4. The highest BCUT2D eigenvalue weighted by atomic mass is 35.5. The van der Waals surface area contributed by atoms with Crippen molar-refractivity contribution in [2.45, 2.75) is 37.8 Å². The standard InChI is InChI=1S/C25H25ClFN3O3S2/c1-30-21(25(33)28-17-9-10-19(27)18(26)13-17)14-20(29-35-30)23-12-11-22(34-23)16-7-5-15(6-8-16)3-2-4-24(31)32/h5-13,20-21,29H,2-4,14H2,1H3,(H,28,33)(H,31,32). The lowest BCUT2D eigenvalue weighted by Gasteiger charge is -2.35. The first kappa shape index (κ1) is 25.7. The van der Waals surface area contributed by atoms with Crippen LogP contribution in [0.1, 0.15) is 35.7 Å². The monoisotopic (exact) mass is 533 g/mol. The van der Waals surface area contributed by atoms with E-state index in [1.807, 2.05) is 23.5 Å². The molecule has 4 rings (SSSR count). The van der Waals surface area contributed by atoms with Crippen LogP contribution in [0.3, 0.4) is 0 Å². The topological polar surface area (TPSA) is 81.7 Å². The summed E-state index contributed by atoms with van der Waals surface area (Å²) in [7, 11) is 1.85. The van der Waals surface area contributed by atoms with E-state index in [9.17, 15) is 14.0 Å². The molecule has 0 bridgehead atoms. The molecule has 1 aliphatic rings. The van der Waals surface area contributed by atoms with Crippen molar-refractivity contribution in [3.8, 4) is 10.4 Å². The number of carboxylic acids is 1. The maximum atomic E-state index is 13.4. The van der Waals surface area contributed by atoms with Crippen LogP contribution < -0.4 is 10.0 Å². The summed E-state index contributed by atoms with van der Waals surface area (Å²) in [4.78, 5) is 25.9. The van der Waals surface area contributed by atoms with Crippen LogP contribution in [-0.4, -0.2) is 34.4 Å². The number of aryl methyl sites for hydroxylation is 1. The number of hydrogen-bond donors (Lipinski definition) is 3. The third-order valence-electron chi connectivity index (χ3n) is 5.79. The van der Waals surface area contributed by atoms with Crippen molar-refractivity contribution in [2.75, 3.05) is 12.4 Å². The molecule has 6 nitrogen and oxygen atoms in total. The number of carbonyl (C=O) groups is 2. The summed E-state index contributed by atoms with van der Waals surface area (Å²) in [6, 6.07) is 16.1. The average Bonchev–Trinajstić information content (AvgIpc) is 3.32. The van der Waals surface area contributed by atoms with Gasteiger partial charge in [-0.05, 0) is 67.8 Å². The number of rotatable bonds is 8. The van der Waals surface area contributed by atoms with Gasteiger partial charge in [0.05, 0.1) is 11.1 Å². The third kappa shape index (κ3) is 6.62. The number of likely N-dealkylation sites (N-methyl/N-ethyl adjacent to an activating group) is 1. The molecule has 1 aromatic heterocycles. The highest BCUT2D eigenvalue weighted by Gasteiger charge is 2.33. The number of benzene rings is 2. The van der Waals surface area contributed by atoms with Crippen molar-refractivity contribution in [3.05, 3.63) is 75.9 Å². The minimum absolute atomic E-state index is 0.00204. The number of nitrogens with zero attached hydrogens (tertiary/aromatic N) is 1. The summed E-state index contributed by atoms with van der Waals surface area (Å²) in [5, 5.41) is 11.6. The summed E-state index contributed by atoms with van der Waals surface area (Å²) in [5.41, 5.74) is 2.68. The summed E-state index contributed by atoms with van der Waals surface area (Å²) in [5.74, 6) is -1.47. The molecule has 2 atom stereocenters. The molecule has 184 valence electrons. The van der Waals surface area contributed by atoms with Crippen molar-refractivity contribution >= 4 is 52.6 Å². The third-order valence-corrected chi connectivity index (χ3v) is 8.26. The zero-order valence-electron chi connectivity index (χ0n) is 19.0. The molecule has 10 heteroatoms. The number of carboxylic acid groups (broad SMARTS) is 1. The van der Waals surface area contributed by atoms with Crippen molar-refractivity contribution in [2.24, 2.45) is 0 Å². The van der Waals surface area contributed by atoms with Gasteiger partial charge in [0.25, 0.3) is 0 Å². The highest BCUT2D eigenvalue weighted by molar-refractivity contribution is 7.95. The molecule has 1 saturated heterocycles. The molecule has 0 saturated carbocycles. The molecule has 3 N–H and O–H groups in total. The van der Waals surface area contributed by atoms with E-state index in [4.69, 9.17) is 16.7 Å². The van der Waals surface area contributed by atoms with Gasteiger partial charge in [0, 0.05) is 34.0 Å². The van der Waals surface area contributed by atoms with E-state index in [1.165, 1.54) is 30.3 Å². The molecule has 0 aliphatic carbocycles. The van der Waals surface area contributed by atoms with Gasteiger partial charge in [-0.15, -0.1) is 11.3 Å². The van der Waals surface area contributed by atoms with Crippen LogP contribution in [-0.2, 0) is 16.0 Å². The van der Waals surface area contributed by atoms with Crippen LogP contribution >= 0.6 is 35.1 Å². The van der Waals surface area contributed by atoms with E-state index >= 15 is 0 Å². The second kappa shape index (κ2) is 11.5. The van der Waals surface area contributed by atoms with Crippen LogP contribution in [0.15, 0.2) is 54.6 Å². The number of carbonyl (C=O) groups excluding carboxylic acids is 1. The smallest absolute Gasteiger partial charge is 0.303 e. The number of thiophene rings is 1. The summed E-state index contributed by atoms with van der Waals surface area (Å²) in [6.45, 7) is 0. The minimum atomic E-state index is -0.770. The van der Waals surface area contributed by atoms with Crippen LogP contribution in [0.4, 0.5) is 10.1 Å². The Bertz CT molecular complexity index is 1200. The van der Waals surface area contributed by atoms with Gasteiger partial charge >= 0.3 is 5.97 Å². The lowest BCUT2D eigenvalue weighted by atomic mass is 10.0. The lowest BCUT2D eigenvalue weighted by molar-refractivity contribution is -0.137. The quantitative estimate of drug-likeness (QED) is 0.301. The zero-order valence-corrected chi connectivity index (χ0v) is 21.4. The van der Waals surface area contributed by atoms with E-state index in [0.29, 0.717) is 18.5 Å². The molecule has 3 aromatic rings. The predicted octanol–water partition coefficient (Wildman–Crippen LogP) is 6.15. The van der Waals surface area contributed by atoms with Crippen molar-refractivity contribution < 1.29 is 19.1 Å². The fraction of sp³-hybridized carbons (Fsp3) is 0.280. The Morgan fingerprint density at radius 3 is 2.69 bits per heavy atom. The van der Waals surface area contributed by atoms with Crippen molar-refractivity contribution in [1.82, 2.24) is 9.03 Å². The molecule has 2 aromatic carbocycles. The molecule has 1 aliphatic heterocycles. The Labute approximate surface area is 216 Å². The zero-order chi connectivity index (χ0) is 24.9. The summed E-state index contributed by atoms with van der Waals surface area (Å²) in [6.07, 6.45) is 2.12. The Kier molecular flexibility index (Phi) is 8.46. The lowest BCUT2D eigenvalue weighted by Crippen LogP contribution is -2.45. The first-order valence-corrected chi connectivity index (χ1v) is 13.1. The summed E-state index contributed by atoms with van der Waals surface area (Å²) >= 11 is 8.91. The predicted molar refractivity (Wildman–Crippen MR) is 140 cm³/mol. The molecular formula is C25H25ClFN3O3S2. The van der Waals surface area contributed by atoms with Crippen LogP contribution in [0.25, 0.3) is 10.4 Å². The van der Waals surface area contributed by atoms with Gasteiger partial charge in [0.15, 0.2) is 0 Å². The Morgan fingerprint density at radius 1 is 1.20 bits per heavy atom. The number of halogens is 2. The number of hydrogen-bond acceptors (Lipinski definition) is 6. The Hall–Kier alpha value is -2.43. The van der Waals surface area contributed by atoms with Gasteiger partial charge in [-0.2, -0.15) is 0 Å². The van der Waals surface area contributed by atoms with E-state index in [-0.39, 0.29) is 29.4 Å². The first-order chi connectivity index (χ1) is 16.8. The normalized spacial score (nSPS) is 18.4. The van der Waals surface area contributed by atoms with Gasteiger partial charge in [0.2, 0.25) is 5.91 Å². The molecule has 0 radical (unpaired) electrons. The van der Waals surface area contributed by atoms with E-state index in [2.05, 4.69) is 34.3 Å². The largest absolute Gasteiger partial charge is 0.481 e. The molecule has 1 fully saturated rings. The van der Waals surface area contributed by atoms with Crippen LogP contribution in [0.2, 0.25) is 5.02 Å². The van der Waals surface area contributed by atoms with Crippen molar-refractivity contribution in [1.29, 1.82) is 0 Å². The first-order valence-electron chi connectivity index (χ1n) is 11.1. The van der Waals surface area contributed by atoms with Gasteiger partial charge < -0.3 is 10.4 Å². The number of nitrogens with one attached hydrogen (secondary N) is 2. The average molecular weight is 534 g/mol. The maximum Gasteiger partial charge on any atom is 0.303 e. The summed E-state index contributed by atoms with van der Waals surface area (Å²) < 4.78 is 18.7. The second-order valence-corrected chi connectivity index (χ2v) is 10.8.